The number of hydrogen-bond acceptors (Lipinski definition) is 2. The van der Waals surface area contributed by atoms with Gasteiger partial charge in [-0.05, 0) is 67.4 Å². The molecule has 2 fully saturated rings. The van der Waals surface area contributed by atoms with Crippen molar-refractivity contribution in [2.45, 2.75) is 32.1 Å². The fourth-order valence-electron chi connectivity index (χ4n) is 4.33. The van der Waals surface area contributed by atoms with Crippen LogP contribution in [0.15, 0.2) is 36.7 Å². The standard InChI is InChI=1S/C18H21N3OS/c22-17(10-14-9-12-4-5-13(14)8-12)20-15-2-1-3-16(11-15)21-7-6-19-18(21)23/h1-3,6-7,11-14H,4-5,8-10H2,(H,19,23)(H,20,22)/t12-,13-,14-/m0/s1. The minimum absolute atomic E-state index is 0.136. The number of hydrogen-bond donors (Lipinski definition) is 2. The molecule has 2 aliphatic rings. The third-order valence-electron chi connectivity index (χ3n) is 5.39. The Labute approximate surface area is 140 Å². The quantitative estimate of drug-likeness (QED) is 0.823. The fraction of sp³-hybridized carbons (Fsp3) is 0.444. The molecule has 1 aromatic heterocycles. The highest BCUT2D eigenvalue weighted by Crippen LogP contribution is 2.49. The number of amides is 1. The number of imidazole rings is 1. The molecule has 5 heteroatoms. The summed E-state index contributed by atoms with van der Waals surface area (Å²) in [6, 6.07) is 7.81. The summed E-state index contributed by atoms with van der Waals surface area (Å²) in [5.74, 6) is 2.40. The van der Waals surface area contributed by atoms with Crippen LogP contribution in [0.25, 0.3) is 5.69 Å². The van der Waals surface area contributed by atoms with E-state index in [4.69, 9.17) is 12.2 Å². The lowest BCUT2D eigenvalue weighted by Crippen LogP contribution is -2.20. The lowest BCUT2D eigenvalue weighted by Gasteiger charge is -2.21. The molecule has 2 N–H and O–H groups in total. The van der Waals surface area contributed by atoms with E-state index < -0.39 is 0 Å². The van der Waals surface area contributed by atoms with E-state index in [0.29, 0.717) is 17.1 Å². The fourth-order valence-corrected chi connectivity index (χ4v) is 4.57. The Balaban J connectivity index is 1.43. The topological polar surface area (TPSA) is 49.8 Å². The molecule has 23 heavy (non-hydrogen) atoms. The van der Waals surface area contributed by atoms with Gasteiger partial charge in [-0.25, -0.2) is 0 Å². The third-order valence-corrected chi connectivity index (χ3v) is 5.70. The van der Waals surface area contributed by atoms with Crippen molar-refractivity contribution < 1.29 is 4.79 Å². The Morgan fingerprint density at radius 3 is 2.96 bits per heavy atom. The van der Waals surface area contributed by atoms with Gasteiger partial charge < -0.3 is 10.3 Å². The molecule has 0 saturated heterocycles. The molecule has 2 aromatic rings. The molecule has 1 aromatic carbocycles. The minimum Gasteiger partial charge on any atom is -0.337 e. The third kappa shape index (κ3) is 2.98. The predicted octanol–water partition coefficient (Wildman–Crippen LogP) is 4.30. The molecule has 2 bridgehead atoms. The highest BCUT2D eigenvalue weighted by molar-refractivity contribution is 7.71. The number of H-pyrrole nitrogens is 1. The second-order valence-electron chi connectivity index (χ2n) is 6.87. The maximum atomic E-state index is 12.4. The first-order valence-corrected chi connectivity index (χ1v) is 8.76. The van der Waals surface area contributed by atoms with E-state index >= 15 is 0 Å². The van der Waals surface area contributed by atoms with Crippen LogP contribution in [0, 0.1) is 22.5 Å². The maximum absolute atomic E-state index is 12.4. The molecule has 0 aliphatic heterocycles. The highest BCUT2D eigenvalue weighted by atomic mass is 32.1. The lowest BCUT2D eigenvalue weighted by atomic mass is 9.86. The van der Waals surface area contributed by atoms with Gasteiger partial charge in [-0.2, -0.15) is 0 Å². The Bertz CT molecular complexity index is 778. The van der Waals surface area contributed by atoms with Gasteiger partial charge >= 0.3 is 0 Å². The average molecular weight is 327 g/mol. The molecule has 1 amide bonds. The molecular weight excluding hydrogens is 306 g/mol. The summed E-state index contributed by atoms with van der Waals surface area (Å²) >= 11 is 5.24. The Kier molecular flexibility index (Phi) is 3.81. The smallest absolute Gasteiger partial charge is 0.224 e. The Morgan fingerprint density at radius 1 is 1.35 bits per heavy atom. The molecule has 0 spiro atoms. The zero-order valence-corrected chi connectivity index (χ0v) is 13.8. The average Bonchev–Trinajstić information content (AvgIpc) is 3.24. The summed E-state index contributed by atoms with van der Waals surface area (Å²) < 4.78 is 2.54. The minimum atomic E-state index is 0.136. The molecule has 1 heterocycles. The number of nitrogens with one attached hydrogen (secondary N) is 2. The van der Waals surface area contributed by atoms with E-state index in [1.165, 1.54) is 25.7 Å². The monoisotopic (exact) mass is 327 g/mol. The SMILES string of the molecule is O=C(C[C@@H]1C[C@H]2CC[C@H]1C2)Nc1cccc(-n2cc[nH]c2=S)c1. The predicted molar refractivity (Wildman–Crippen MR) is 93.1 cm³/mol. The van der Waals surface area contributed by atoms with Gasteiger partial charge in [0.15, 0.2) is 4.77 Å². The second kappa shape index (κ2) is 5.96. The van der Waals surface area contributed by atoms with E-state index in [2.05, 4.69) is 10.3 Å². The Morgan fingerprint density at radius 2 is 2.26 bits per heavy atom. The molecule has 4 nitrogen and oxygen atoms in total. The van der Waals surface area contributed by atoms with Crippen molar-refractivity contribution in [3.63, 3.8) is 0 Å². The summed E-state index contributed by atoms with van der Waals surface area (Å²) in [5, 5.41) is 3.05. The Hall–Kier alpha value is -1.88. The number of carbonyl (C=O) groups is 1. The summed E-state index contributed by atoms with van der Waals surface area (Å²) in [4.78, 5) is 15.3. The molecule has 0 radical (unpaired) electrons. The lowest BCUT2D eigenvalue weighted by molar-refractivity contribution is -0.117. The van der Waals surface area contributed by atoms with Crippen molar-refractivity contribution in [1.29, 1.82) is 0 Å². The number of anilines is 1. The van der Waals surface area contributed by atoms with Crippen LogP contribution < -0.4 is 5.32 Å². The zero-order valence-electron chi connectivity index (χ0n) is 13.0. The van der Waals surface area contributed by atoms with Gasteiger partial charge in [0.05, 0.1) is 0 Å². The first-order valence-electron chi connectivity index (χ1n) is 8.35. The number of fused-ring (bicyclic) bond motifs is 2. The van der Waals surface area contributed by atoms with E-state index in [-0.39, 0.29) is 5.91 Å². The van der Waals surface area contributed by atoms with E-state index in [0.717, 1.165) is 23.2 Å². The molecule has 2 saturated carbocycles. The summed E-state index contributed by atoms with van der Waals surface area (Å²) in [6.07, 6.45) is 9.65. The van der Waals surface area contributed by atoms with Crippen molar-refractivity contribution in [2.24, 2.45) is 17.8 Å². The van der Waals surface area contributed by atoms with Crippen LogP contribution in [0.1, 0.15) is 32.1 Å². The van der Waals surface area contributed by atoms with Gasteiger partial charge in [0, 0.05) is 30.2 Å². The summed E-state index contributed by atoms with van der Waals surface area (Å²) in [7, 11) is 0. The first kappa shape index (κ1) is 14.7. The number of nitrogens with zero attached hydrogens (tertiary/aromatic N) is 1. The summed E-state index contributed by atoms with van der Waals surface area (Å²) in [5.41, 5.74) is 1.78. The largest absolute Gasteiger partial charge is 0.337 e. The normalized spacial score (nSPS) is 25.7. The van der Waals surface area contributed by atoms with Gasteiger partial charge in [-0.3, -0.25) is 9.36 Å². The van der Waals surface area contributed by atoms with Gasteiger partial charge in [0.25, 0.3) is 0 Å². The van der Waals surface area contributed by atoms with E-state index in [1.54, 1.807) is 0 Å². The molecular formula is C18H21N3OS. The van der Waals surface area contributed by atoms with Crippen LogP contribution >= 0.6 is 12.2 Å². The van der Waals surface area contributed by atoms with Crippen LogP contribution in [-0.4, -0.2) is 15.5 Å². The van der Waals surface area contributed by atoms with Gasteiger partial charge in [-0.1, -0.05) is 12.5 Å². The van der Waals surface area contributed by atoms with Crippen molar-refractivity contribution >= 4 is 23.8 Å². The molecule has 2 aliphatic carbocycles. The van der Waals surface area contributed by atoms with Gasteiger partial charge in [-0.15, -0.1) is 0 Å². The van der Waals surface area contributed by atoms with Crippen LogP contribution in [0.5, 0.6) is 0 Å². The van der Waals surface area contributed by atoms with Crippen molar-refractivity contribution in [1.82, 2.24) is 9.55 Å². The molecule has 3 atom stereocenters. The van der Waals surface area contributed by atoms with E-state index in [1.807, 2.05) is 41.2 Å². The molecule has 0 unspecified atom stereocenters. The second-order valence-corrected chi connectivity index (χ2v) is 7.26. The molecule has 120 valence electrons. The number of aromatic nitrogens is 2. The van der Waals surface area contributed by atoms with Crippen LogP contribution in [0.2, 0.25) is 0 Å². The number of rotatable bonds is 4. The van der Waals surface area contributed by atoms with E-state index in [9.17, 15) is 4.79 Å². The van der Waals surface area contributed by atoms with Crippen molar-refractivity contribution in [3.05, 3.63) is 41.4 Å². The van der Waals surface area contributed by atoms with Gasteiger partial charge in [0.1, 0.15) is 0 Å². The summed E-state index contributed by atoms with van der Waals surface area (Å²) in [6.45, 7) is 0. The first-order chi connectivity index (χ1) is 11.2. The maximum Gasteiger partial charge on any atom is 0.224 e. The zero-order chi connectivity index (χ0) is 15.8. The number of benzene rings is 1. The number of aromatic amines is 1. The van der Waals surface area contributed by atoms with Crippen LogP contribution in [-0.2, 0) is 4.79 Å². The van der Waals surface area contributed by atoms with Crippen LogP contribution in [0.4, 0.5) is 5.69 Å². The highest BCUT2D eigenvalue weighted by Gasteiger charge is 2.40. The van der Waals surface area contributed by atoms with Crippen LogP contribution in [0.3, 0.4) is 0 Å². The molecule has 4 rings (SSSR count). The van der Waals surface area contributed by atoms with Gasteiger partial charge in [0.2, 0.25) is 5.91 Å². The van der Waals surface area contributed by atoms with Crippen molar-refractivity contribution in [2.75, 3.05) is 5.32 Å². The number of carbonyl (C=O) groups excluding carboxylic acids is 1. The van der Waals surface area contributed by atoms with Crippen molar-refractivity contribution in [3.8, 4) is 5.69 Å².